The highest BCUT2D eigenvalue weighted by atomic mass is 16.5. The lowest BCUT2D eigenvalue weighted by Crippen LogP contribution is -2.21. The van der Waals surface area contributed by atoms with Gasteiger partial charge in [-0.2, -0.15) is 5.10 Å². The Balaban J connectivity index is 1.37. The van der Waals surface area contributed by atoms with Gasteiger partial charge >= 0.3 is 11.9 Å². The van der Waals surface area contributed by atoms with Crippen LogP contribution in [0.2, 0.25) is 0 Å². The number of benzene rings is 3. The maximum Gasteiger partial charge on any atom is 0.338 e. The summed E-state index contributed by atoms with van der Waals surface area (Å²) in [5.74, 6) is -1.28. The van der Waals surface area contributed by atoms with Crippen molar-refractivity contribution in [2.45, 2.75) is 26.7 Å². The van der Waals surface area contributed by atoms with Crippen LogP contribution in [-0.2, 0) is 25.5 Å². The monoisotopic (exact) mass is 485 g/mol. The summed E-state index contributed by atoms with van der Waals surface area (Å²) < 4.78 is 11.7. The normalized spacial score (nSPS) is 10.8. The van der Waals surface area contributed by atoms with Crippen molar-refractivity contribution in [3.8, 4) is 5.69 Å². The standard InChI is InChI=1S/C28H27N3O5/c1-18-23(15-16-27(33)35-3)19(2)31(30-18)22-13-11-21(12-14-22)28(34)36-17-26(32)29-25-10-6-8-20-7-4-5-9-24(20)25/h4-14H,15-17H2,1-3H3,(H,29,32). The summed E-state index contributed by atoms with van der Waals surface area (Å²) in [5.41, 5.74) is 4.48. The molecule has 184 valence electrons. The zero-order valence-corrected chi connectivity index (χ0v) is 20.4. The molecule has 0 atom stereocenters. The lowest BCUT2D eigenvalue weighted by atomic mass is 10.1. The molecule has 36 heavy (non-hydrogen) atoms. The number of aryl methyl sites for hydroxylation is 1. The van der Waals surface area contributed by atoms with Crippen LogP contribution in [0.1, 0.15) is 33.7 Å². The van der Waals surface area contributed by atoms with E-state index >= 15 is 0 Å². The van der Waals surface area contributed by atoms with Crippen LogP contribution >= 0.6 is 0 Å². The number of hydrogen-bond acceptors (Lipinski definition) is 6. The van der Waals surface area contributed by atoms with Gasteiger partial charge in [-0.1, -0.05) is 36.4 Å². The van der Waals surface area contributed by atoms with E-state index in [4.69, 9.17) is 9.47 Å². The molecule has 1 aromatic heterocycles. The average molecular weight is 486 g/mol. The van der Waals surface area contributed by atoms with Crippen LogP contribution in [0.5, 0.6) is 0 Å². The zero-order chi connectivity index (χ0) is 25.7. The van der Waals surface area contributed by atoms with Gasteiger partial charge in [0.2, 0.25) is 0 Å². The molecule has 1 N–H and O–H groups in total. The summed E-state index contributed by atoms with van der Waals surface area (Å²) in [4.78, 5) is 36.4. The van der Waals surface area contributed by atoms with Crippen LogP contribution in [0.15, 0.2) is 66.7 Å². The zero-order valence-electron chi connectivity index (χ0n) is 20.4. The highest BCUT2D eigenvalue weighted by molar-refractivity contribution is 6.03. The van der Waals surface area contributed by atoms with Crippen LogP contribution in [0.3, 0.4) is 0 Å². The number of aromatic nitrogens is 2. The van der Waals surface area contributed by atoms with Crippen molar-refractivity contribution in [3.63, 3.8) is 0 Å². The molecule has 8 nitrogen and oxygen atoms in total. The Morgan fingerprint density at radius 2 is 1.67 bits per heavy atom. The van der Waals surface area contributed by atoms with Crippen molar-refractivity contribution in [1.82, 2.24) is 9.78 Å². The molecule has 1 heterocycles. The van der Waals surface area contributed by atoms with E-state index in [2.05, 4.69) is 10.4 Å². The predicted molar refractivity (Wildman–Crippen MR) is 136 cm³/mol. The van der Waals surface area contributed by atoms with Gasteiger partial charge in [-0.05, 0) is 61.5 Å². The van der Waals surface area contributed by atoms with Crippen LogP contribution in [0.4, 0.5) is 5.69 Å². The first-order valence-corrected chi connectivity index (χ1v) is 11.5. The Morgan fingerprint density at radius 1 is 0.944 bits per heavy atom. The average Bonchev–Trinajstić information content (AvgIpc) is 3.18. The molecular weight excluding hydrogens is 458 g/mol. The Morgan fingerprint density at radius 3 is 2.42 bits per heavy atom. The van der Waals surface area contributed by atoms with Gasteiger partial charge in [-0.25, -0.2) is 9.48 Å². The topological polar surface area (TPSA) is 99.5 Å². The molecule has 0 unspecified atom stereocenters. The first-order valence-electron chi connectivity index (χ1n) is 11.5. The second-order valence-corrected chi connectivity index (χ2v) is 8.34. The van der Waals surface area contributed by atoms with Crippen molar-refractivity contribution in [1.29, 1.82) is 0 Å². The number of fused-ring (bicyclic) bond motifs is 1. The summed E-state index contributed by atoms with van der Waals surface area (Å²) in [6.45, 7) is 3.43. The molecule has 3 aromatic carbocycles. The van der Waals surface area contributed by atoms with E-state index in [1.165, 1.54) is 7.11 Å². The third kappa shape index (κ3) is 5.43. The highest BCUT2D eigenvalue weighted by Gasteiger charge is 2.16. The van der Waals surface area contributed by atoms with E-state index in [0.717, 1.165) is 33.4 Å². The number of hydrogen-bond donors (Lipinski definition) is 1. The van der Waals surface area contributed by atoms with Crippen LogP contribution < -0.4 is 5.32 Å². The minimum Gasteiger partial charge on any atom is -0.469 e. The fourth-order valence-corrected chi connectivity index (χ4v) is 4.09. The van der Waals surface area contributed by atoms with Crippen molar-refractivity contribution >= 4 is 34.3 Å². The summed E-state index contributed by atoms with van der Waals surface area (Å²) >= 11 is 0. The first kappa shape index (κ1) is 24.7. The highest BCUT2D eigenvalue weighted by Crippen LogP contribution is 2.23. The van der Waals surface area contributed by atoms with Gasteiger partial charge in [0, 0.05) is 23.2 Å². The molecule has 1 amide bonds. The molecule has 0 radical (unpaired) electrons. The maximum absolute atomic E-state index is 12.5. The van der Waals surface area contributed by atoms with E-state index in [1.807, 2.05) is 50.2 Å². The second kappa shape index (κ2) is 10.9. The van der Waals surface area contributed by atoms with E-state index in [0.29, 0.717) is 17.7 Å². The molecule has 0 spiro atoms. The number of esters is 2. The van der Waals surface area contributed by atoms with Gasteiger partial charge in [0.15, 0.2) is 6.61 Å². The largest absolute Gasteiger partial charge is 0.469 e. The van der Waals surface area contributed by atoms with Gasteiger partial charge in [-0.3, -0.25) is 9.59 Å². The number of nitrogens with one attached hydrogen (secondary N) is 1. The number of anilines is 1. The Kier molecular flexibility index (Phi) is 7.44. The van der Waals surface area contributed by atoms with Gasteiger partial charge in [-0.15, -0.1) is 0 Å². The van der Waals surface area contributed by atoms with Crippen LogP contribution in [0, 0.1) is 13.8 Å². The van der Waals surface area contributed by atoms with Gasteiger partial charge < -0.3 is 14.8 Å². The van der Waals surface area contributed by atoms with Crippen LogP contribution in [0.25, 0.3) is 16.5 Å². The number of nitrogens with zero attached hydrogens (tertiary/aromatic N) is 2. The lowest BCUT2D eigenvalue weighted by Gasteiger charge is -2.10. The number of carbonyl (C=O) groups excluding carboxylic acids is 3. The molecule has 0 aliphatic rings. The van der Waals surface area contributed by atoms with Crippen molar-refractivity contribution in [2.24, 2.45) is 0 Å². The van der Waals surface area contributed by atoms with E-state index in [9.17, 15) is 14.4 Å². The minimum atomic E-state index is -0.596. The fraction of sp³-hybridized carbons (Fsp3) is 0.214. The van der Waals surface area contributed by atoms with Crippen molar-refractivity contribution in [2.75, 3.05) is 19.0 Å². The first-order chi connectivity index (χ1) is 17.4. The number of carbonyl (C=O) groups is 3. The Labute approximate surface area is 208 Å². The maximum atomic E-state index is 12.5. The predicted octanol–water partition coefficient (Wildman–Crippen LogP) is 4.54. The molecule has 0 aliphatic heterocycles. The van der Waals surface area contributed by atoms with Crippen LogP contribution in [-0.4, -0.2) is 41.3 Å². The van der Waals surface area contributed by atoms with Crippen molar-refractivity contribution < 1.29 is 23.9 Å². The fourth-order valence-electron chi connectivity index (χ4n) is 4.09. The van der Waals surface area contributed by atoms with Crippen molar-refractivity contribution in [3.05, 3.63) is 89.2 Å². The van der Waals surface area contributed by atoms with Gasteiger partial charge in [0.1, 0.15) is 0 Å². The molecular formula is C28H27N3O5. The molecule has 8 heteroatoms. The number of amides is 1. The molecule has 4 rings (SSSR count). The smallest absolute Gasteiger partial charge is 0.338 e. The summed E-state index contributed by atoms with van der Waals surface area (Å²) in [5, 5.41) is 9.29. The molecule has 0 saturated carbocycles. The molecule has 0 aliphatic carbocycles. The summed E-state index contributed by atoms with van der Waals surface area (Å²) in [6, 6.07) is 20.1. The Hall–Kier alpha value is -4.46. The SMILES string of the molecule is COC(=O)CCc1c(C)nn(-c2ccc(C(=O)OCC(=O)Nc3cccc4ccccc34)cc2)c1C. The molecule has 4 aromatic rings. The molecule has 0 bridgehead atoms. The third-order valence-corrected chi connectivity index (χ3v) is 5.99. The van der Waals surface area contributed by atoms with Gasteiger partial charge in [0.25, 0.3) is 5.91 Å². The lowest BCUT2D eigenvalue weighted by molar-refractivity contribution is -0.140. The van der Waals surface area contributed by atoms with E-state index in [1.54, 1.807) is 35.0 Å². The van der Waals surface area contributed by atoms with E-state index < -0.39 is 18.5 Å². The molecule has 0 saturated heterocycles. The Bertz CT molecular complexity index is 1420. The molecule has 0 fully saturated rings. The second-order valence-electron chi connectivity index (χ2n) is 8.34. The van der Waals surface area contributed by atoms with Gasteiger partial charge in [0.05, 0.1) is 24.1 Å². The third-order valence-electron chi connectivity index (χ3n) is 5.99. The number of rotatable bonds is 8. The summed E-state index contributed by atoms with van der Waals surface area (Å²) in [6.07, 6.45) is 0.818. The minimum absolute atomic E-state index is 0.268. The number of ether oxygens (including phenoxy) is 2. The quantitative estimate of drug-likeness (QED) is 0.368. The van der Waals surface area contributed by atoms with E-state index in [-0.39, 0.29) is 12.4 Å². The summed E-state index contributed by atoms with van der Waals surface area (Å²) in [7, 11) is 1.37. The number of methoxy groups -OCH3 is 1.